The first-order chi connectivity index (χ1) is 10.2. The van der Waals surface area contributed by atoms with Gasteiger partial charge >= 0.3 is 5.97 Å². The van der Waals surface area contributed by atoms with E-state index >= 15 is 0 Å². The van der Waals surface area contributed by atoms with Crippen LogP contribution < -0.4 is 5.32 Å². The van der Waals surface area contributed by atoms with Gasteiger partial charge in [0.15, 0.2) is 5.78 Å². The first-order valence-corrected chi connectivity index (χ1v) is 8.45. The van der Waals surface area contributed by atoms with Gasteiger partial charge in [0.05, 0.1) is 12.3 Å². The van der Waals surface area contributed by atoms with E-state index in [1.54, 1.807) is 27.7 Å². The molecule has 2 atom stereocenters. The number of ether oxygens (including phenoxy) is 1. The zero-order valence-electron chi connectivity index (χ0n) is 13.4. The summed E-state index contributed by atoms with van der Waals surface area (Å²) < 4.78 is 16.7. The van der Waals surface area contributed by atoms with E-state index in [0.717, 1.165) is 0 Å². The van der Waals surface area contributed by atoms with Crippen molar-refractivity contribution in [2.24, 2.45) is 0 Å². The average molecular weight is 332 g/mol. The molecule has 0 spiro atoms. The molecule has 0 saturated heterocycles. The number of ketones is 1. The standard InChI is InChI=1S/C14H24N2O5S/c1-9(2)21-14(19)12(6-5-11(17)7-15)16-13(18)8-22(20)10(3)4/h7,9-10,12,15H,5-6,8H2,1-4H3,(H,16,18)/t12-,22?/m0/s1. The summed E-state index contributed by atoms with van der Waals surface area (Å²) in [5.74, 6) is -1.82. The smallest absolute Gasteiger partial charge is 0.328 e. The first-order valence-electron chi connectivity index (χ1n) is 7.07. The summed E-state index contributed by atoms with van der Waals surface area (Å²) >= 11 is 0. The molecule has 0 aromatic heterocycles. The van der Waals surface area contributed by atoms with Crippen molar-refractivity contribution in [2.45, 2.75) is 57.9 Å². The van der Waals surface area contributed by atoms with E-state index in [0.29, 0.717) is 6.21 Å². The van der Waals surface area contributed by atoms with Gasteiger partial charge in [0, 0.05) is 22.5 Å². The number of hydrogen-bond donors (Lipinski definition) is 2. The van der Waals surface area contributed by atoms with Crippen LogP contribution in [0.2, 0.25) is 0 Å². The minimum Gasteiger partial charge on any atom is -0.461 e. The molecule has 0 aromatic carbocycles. The Labute approximate surface area is 133 Å². The molecule has 22 heavy (non-hydrogen) atoms. The lowest BCUT2D eigenvalue weighted by Crippen LogP contribution is -2.44. The Morgan fingerprint density at radius 2 is 1.82 bits per heavy atom. The lowest BCUT2D eigenvalue weighted by molar-refractivity contribution is -0.151. The highest BCUT2D eigenvalue weighted by Crippen LogP contribution is 2.04. The highest BCUT2D eigenvalue weighted by molar-refractivity contribution is 7.86. The van der Waals surface area contributed by atoms with Crippen LogP contribution in [0.15, 0.2) is 0 Å². The van der Waals surface area contributed by atoms with Crippen molar-refractivity contribution in [1.29, 1.82) is 5.41 Å². The second-order valence-electron chi connectivity index (χ2n) is 5.33. The predicted octanol–water partition coefficient (Wildman–Crippen LogP) is 0.579. The molecule has 1 unspecified atom stereocenters. The summed E-state index contributed by atoms with van der Waals surface area (Å²) in [6.45, 7) is 6.81. The summed E-state index contributed by atoms with van der Waals surface area (Å²) in [5.41, 5.74) is 0. The van der Waals surface area contributed by atoms with Gasteiger partial charge in [-0.05, 0) is 20.3 Å². The number of Topliss-reactive ketones (excluding diaryl/α,β-unsaturated/α-hetero) is 1. The van der Waals surface area contributed by atoms with Gasteiger partial charge in [0.1, 0.15) is 11.8 Å². The molecule has 2 N–H and O–H groups in total. The molecule has 0 saturated carbocycles. The second-order valence-corrected chi connectivity index (χ2v) is 7.32. The van der Waals surface area contributed by atoms with Crippen LogP contribution in [0.25, 0.3) is 0 Å². The summed E-state index contributed by atoms with van der Waals surface area (Å²) in [6, 6.07) is -0.983. The first kappa shape index (κ1) is 20.4. The van der Waals surface area contributed by atoms with Crippen molar-refractivity contribution in [2.75, 3.05) is 5.75 Å². The van der Waals surface area contributed by atoms with Gasteiger partial charge in [-0.2, -0.15) is 0 Å². The van der Waals surface area contributed by atoms with Crippen molar-refractivity contribution in [1.82, 2.24) is 5.32 Å². The Bertz CT molecular complexity index is 449. The van der Waals surface area contributed by atoms with Crippen LogP contribution in [0.1, 0.15) is 40.5 Å². The molecule has 8 heteroatoms. The van der Waals surface area contributed by atoms with E-state index in [9.17, 15) is 18.6 Å². The van der Waals surface area contributed by atoms with Crippen molar-refractivity contribution in [3.63, 3.8) is 0 Å². The molecule has 0 aliphatic heterocycles. The lowest BCUT2D eigenvalue weighted by Gasteiger charge is -2.19. The van der Waals surface area contributed by atoms with Crippen LogP contribution in [0.3, 0.4) is 0 Å². The van der Waals surface area contributed by atoms with Gasteiger partial charge in [-0.25, -0.2) is 4.79 Å². The third-order valence-corrected chi connectivity index (χ3v) is 4.21. The van der Waals surface area contributed by atoms with Crippen molar-refractivity contribution in [3.8, 4) is 0 Å². The number of esters is 1. The Morgan fingerprint density at radius 3 is 2.27 bits per heavy atom. The molecule has 0 rings (SSSR count). The molecule has 0 heterocycles. The molecule has 0 bridgehead atoms. The predicted molar refractivity (Wildman–Crippen MR) is 84.3 cm³/mol. The van der Waals surface area contributed by atoms with E-state index in [2.05, 4.69) is 5.32 Å². The highest BCUT2D eigenvalue weighted by Gasteiger charge is 2.24. The monoisotopic (exact) mass is 332 g/mol. The number of carbonyl (C=O) groups is 3. The van der Waals surface area contributed by atoms with Crippen LogP contribution in [0.4, 0.5) is 0 Å². The number of nitrogens with one attached hydrogen (secondary N) is 2. The topological polar surface area (TPSA) is 113 Å². The van der Waals surface area contributed by atoms with Gasteiger partial charge < -0.3 is 15.5 Å². The van der Waals surface area contributed by atoms with Gasteiger partial charge in [0.25, 0.3) is 0 Å². The van der Waals surface area contributed by atoms with Gasteiger partial charge in [-0.1, -0.05) is 13.8 Å². The molecule has 7 nitrogen and oxygen atoms in total. The summed E-state index contributed by atoms with van der Waals surface area (Å²) in [6.07, 6.45) is 0.310. The average Bonchev–Trinajstić information content (AvgIpc) is 2.41. The number of hydrogen-bond acceptors (Lipinski definition) is 6. The maximum absolute atomic E-state index is 11.9. The zero-order chi connectivity index (χ0) is 17.3. The van der Waals surface area contributed by atoms with E-state index in [1.165, 1.54) is 0 Å². The molecule has 126 valence electrons. The van der Waals surface area contributed by atoms with Gasteiger partial charge in [-0.15, -0.1) is 0 Å². The number of rotatable bonds is 10. The molecular weight excluding hydrogens is 308 g/mol. The SMILES string of the molecule is CC(C)OC(=O)[C@H](CCC(=O)C=N)NC(=O)CS(=O)C(C)C. The van der Waals surface area contributed by atoms with Crippen LogP contribution in [0, 0.1) is 5.41 Å². The van der Waals surface area contributed by atoms with Gasteiger partial charge in [0.2, 0.25) is 5.91 Å². The van der Waals surface area contributed by atoms with Crippen LogP contribution >= 0.6 is 0 Å². The fraction of sp³-hybridized carbons (Fsp3) is 0.714. The molecular formula is C14H24N2O5S. The highest BCUT2D eigenvalue weighted by atomic mass is 32.2. The van der Waals surface area contributed by atoms with E-state index < -0.39 is 34.5 Å². The minimum absolute atomic E-state index is 0.0415. The fourth-order valence-electron chi connectivity index (χ4n) is 1.45. The van der Waals surface area contributed by atoms with E-state index in [4.69, 9.17) is 10.1 Å². The van der Waals surface area contributed by atoms with Gasteiger partial charge in [-0.3, -0.25) is 13.8 Å². The third kappa shape index (κ3) is 8.66. The molecule has 0 aliphatic carbocycles. The normalized spacial score (nSPS) is 13.5. The molecule has 0 fully saturated rings. The Morgan fingerprint density at radius 1 is 1.23 bits per heavy atom. The summed E-state index contributed by atoms with van der Waals surface area (Å²) in [5, 5.41) is 9.13. The zero-order valence-corrected chi connectivity index (χ0v) is 14.2. The minimum atomic E-state index is -1.32. The molecule has 1 amide bonds. The van der Waals surface area contributed by atoms with Crippen molar-refractivity contribution >= 4 is 34.7 Å². The number of amides is 1. The lowest BCUT2D eigenvalue weighted by atomic mass is 10.1. The Balaban J connectivity index is 4.73. The van der Waals surface area contributed by atoms with E-state index in [1.807, 2.05) is 0 Å². The van der Waals surface area contributed by atoms with Crippen LogP contribution in [-0.2, 0) is 29.9 Å². The Hall–Kier alpha value is -1.57. The largest absolute Gasteiger partial charge is 0.461 e. The van der Waals surface area contributed by atoms with Crippen molar-refractivity contribution < 1.29 is 23.3 Å². The van der Waals surface area contributed by atoms with Crippen molar-refractivity contribution in [3.05, 3.63) is 0 Å². The fourth-order valence-corrected chi connectivity index (χ4v) is 2.13. The molecule has 0 aromatic rings. The third-order valence-electron chi connectivity index (χ3n) is 2.61. The van der Waals surface area contributed by atoms with E-state index in [-0.39, 0.29) is 29.9 Å². The maximum Gasteiger partial charge on any atom is 0.328 e. The summed E-state index contributed by atoms with van der Waals surface area (Å²) in [7, 11) is -1.32. The van der Waals surface area contributed by atoms with Crippen LogP contribution in [-0.4, -0.2) is 51.2 Å². The summed E-state index contributed by atoms with van der Waals surface area (Å²) in [4.78, 5) is 34.9. The number of carbonyl (C=O) groups excluding carboxylic acids is 3. The Kier molecular flexibility index (Phi) is 9.48. The van der Waals surface area contributed by atoms with Crippen LogP contribution in [0.5, 0.6) is 0 Å². The maximum atomic E-state index is 11.9. The molecule has 0 radical (unpaired) electrons. The molecule has 0 aliphatic rings. The quantitative estimate of drug-likeness (QED) is 0.449. The second kappa shape index (κ2) is 10.2.